The highest BCUT2D eigenvalue weighted by atomic mass is 16.1. The van der Waals surface area contributed by atoms with Crippen LogP contribution < -0.4 is 11.5 Å². The molecule has 0 bridgehead atoms. The van der Waals surface area contributed by atoms with Crippen LogP contribution in [0.15, 0.2) is 12.4 Å². The minimum absolute atomic E-state index is 0.259. The number of primary amides is 1. The van der Waals surface area contributed by atoms with Crippen molar-refractivity contribution in [2.45, 2.75) is 0 Å². The molecule has 66 valence electrons. The van der Waals surface area contributed by atoms with Crippen LogP contribution in [-0.4, -0.2) is 20.9 Å². The molecule has 0 fully saturated rings. The Morgan fingerprint density at radius 2 is 2.31 bits per heavy atom. The minimum atomic E-state index is -0.550. The molecular formula is C7H7N5O. The molecule has 13 heavy (non-hydrogen) atoms. The van der Waals surface area contributed by atoms with Crippen LogP contribution in [0.5, 0.6) is 0 Å². The van der Waals surface area contributed by atoms with Gasteiger partial charge in [0.15, 0.2) is 5.65 Å². The van der Waals surface area contributed by atoms with Gasteiger partial charge >= 0.3 is 0 Å². The van der Waals surface area contributed by atoms with Crippen molar-refractivity contribution in [3.8, 4) is 0 Å². The number of nitrogens with zero attached hydrogens (tertiary/aromatic N) is 2. The minimum Gasteiger partial charge on any atom is -0.382 e. The van der Waals surface area contributed by atoms with E-state index in [1.54, 1.807) is 0 Å². The third-order valence-electron chi connectivity index (χ3n) is 1.66. The predicted octanol–water partition coefficient (Wildman–Crippen LogP) is -0.361. The molecule has 0 radical (unpaired) electrons. The Morgan fingerprint density at radius 1 is 1.54 bits per heavy atom. The van der Waals surface area contributed by atoms with Crippen LogP contribution in [0.3, 0.4) is 0 Å². The molecule has 6 nitrogen and oxygen atoms in total. The zero-order valence-corrected chi connectivity index (χ0v) is 6.61. The number of nitrogens with two attached hydrogens (primary N) is 2. The molecule has 0 aliphatic heterocycles. The number of nitrogens with one attached hydrogen (secondary N) is 1. The van der Waals surface area contributed by atoms with Gasteiger partial charge in [-0.3, -0.25) is 4.79 Å². The lowest BCUT2D eigenvalue weighted by Gasteiger charge is -1.93. The summed E-state index contributed by atoms with van der Waals surface area (Å²) in [5.74, 6) is -0.291. The zero-order chi connectivity index (χ0) is 9.42. The van der Waals surface area contributed by atoms with Crippen molar-refractivity contribution in [3.05, 3.63) is 18.0 Å². The fourth-order valence-electron chi connectivity index (χ4n) is 1.09. The molecule has 0 aliphatic rings. The summed E-state index contributed by atoms with van der Waals surface area (Å²) >= 11 is 0. The van der Waals surface area contributed by atoms with Gasteiger partial charge in [0.1, 0.15) is 11.3 Å². The summed E-state index contributed by atoms with van der Waals surface area (Å²) < 4.78 is 0. The molecule has 1 amide bonds. The maximum Gasteiger partial charge on any atom is 0.252 e. The fourth-order valence-corrected chi connectivity index (χ4v) is 1.09. The van der Waals surface area contributed by atoms with Crippen LogP contribution in [0.2, 0.25) is 0 Å². The number of hydrogen-bond donors (Lipinski definition) is 3. The molecule has 0 spiro atoms. The van der Waals surface area contributed by atoms with E-state index in [4.69, 9.17) is 11.5 Å². The predicted molar refractivity (Wildman–Crippen MR) is 46.8 cm³/mol. The van der Waals surface area contributed by atoms with Gasteiger partial charge in [0, 0.05) is 6.20 Å². The molecule has 2 aromatic heterocycles. The summed E-state index contributed by atoms with van der Waals surface area (Å²) in [6.45, 7) is 0. The van der Waals surface area contributed by atoms with E-state index in [2.05, 4.69) is 15.0 Å². The number of aromatic nitrogens is 3. The number of hydrogen-bond acceptors (Lipinski definition) is 4. The number of nitrogen functional groups attached to an aromatic ring is 1. The van der Waals surface area contributed by atoms with E-state index < -0.39 is 5.91 Å². The van der Waals surface area contributed by atoms with Crippen molar-refractivity contribution in [2.24, 2.45) is 5.73 Å². The number of carbonyl (C=O) groups is 1. The molecule has 6 heteroatoms. The summed E-state index contributed by atoms with van der Waals surface area (Å²) in [6.07, 6.45) is 2.87. The molecular weight excluding hydrogens is 170 g/mol. The molecule has 0 aromatic carbocycles. The number of fused-ring (bicyclic) bond motifs is 1. The van der Waals surface area contributed by atoms with E-state index in [-0.39, 0.29) is 5.82 Å². The maximum atomic E-state index is 10.9. The third kappa shape index (κ3) is 1.08. The van der Waals surface area contributed by atoms with Gasteiger partial charge in [0.2, 0.25) is 0 Å². The van der Waals surface area contributed by atoms with Gasteiger partial charge in [0.25, 0.3) is 5.91 Å². The SMILES string of the molecule is NC(=O)c1c[nH]c2ncc(N)nc12. The van der Waals surface area contributed by atoms with Gasteiger partial charge < -0.3 is 16.5 Å². The van der Waals surface area contributed by atoms with Gasteiger partial charge in [-0.05, 0) is 0 Å². The smallest absolute Gasteiger partial charge is 0.252 e. The van der Waals surface area contributed by atoms with Crippen LogP contribution in [0, 0.1) is 0 Å². The molecule has 0 aliphatic carbocycles. The highest BCUT2D eigenvalue weighted by Gasteiger charge is 2.10. The van der Waals surface area contributed by atoms with Crippen LogP contribution in [-0.2, 0) is 0 Å². The standard InChI is InChI=1S/C7H7N5O/c8-4-2-11-7-5(12-4)3(1-10-7)6(9)13/h1-2H,(H2,8,12)(H2,9,13)(H,10,11). The average molecular weight is 177 g/mol. The zero-order valence-electron chi connectivity index (χ0n) is 6.61. The number of H-pyrrole nitrogens is 1. The highest BCUT2D eigenvalue weighted by Crippen LogP contribution is 2.13. The Hall–Kier alpha value is -2.11. The first kappa shape index (κ1) is 7.53. The van der Waals surface area contributed by atoms with E-state index in [1.165, 1.54) is 12.4 Å². The van der Waals surface area contributed by atoms with Gasteiger partial charge in [-0.1, -0.05) is 0 Å². The average Bonchev–Trinajstić information content (AvgIpc) is 2.46. The van der Waals surface area contributed by atoms with Crippen molar-refractivity contribution < 1.29 is 4.79 Å². The Morgan fingerprint density at radius 3 is 3.00 bits per heavy atom. The van der Waals surface area contributed by atoms with E-state index >= 15 is 0 Å². The second-order valence-electron chi connectivity index (χ2n) is 2.56. The van der Waals surface area contributed by atoms with Gasteiger partial charge in [-0.2, -0.15) is 0 Å². The lowest BCUT2D eigenvalue weighted by atomic mass is 10.3. The number of carbonyl (C=O) groups excluding carboxylic acids is 1. The summed E-state index contributed by atoms with van der Waals surface area (Å²) in [6, 6.07) is 0. The molecule has 0 atom stereocenters. The molecule has 2 heterocycles. The number of aromatic amines is 1. The highest BCUT2D eigenvalue weighted by molar-refractivity contribution is 6.03. The first-order valence-corrected chi connectivity index (χ1v) is 3.58. The molecule has 2 aromatic rings. The van der Waals surface area contributed by atoms with Crippen molar-refractivity contribution in [3.63, 3.8) is 0 Å². The van der Waals surface area contributed by atoms with Crippen molar-refractivity contribution in [1.82, 2.24) is 15.0 Å². The quantitative estimate of drug-likeness (QED) is 0.552. The first-order valence-electron chi connectivity index (χ1n) is 3.58. The van der Waals surface area contributed by atoms with E-state index in [0.717, 1.165) is 0 Å². The van der Waals surface area contributed by atoms with Crippen LogP contribution >= 0.6 is 0 Å². The second kappa shape index (κ2) is 2.44. The molecule has 0 unspecified atom stereocenters. The third-order valence-corrected chi connectivity index (χ3v) is 1.66. The van der Waals surface area contributed by atoms with Crippen molar-refractivity contribution in [1.29, 1.82) is 0 Å². The molecule has 0 saturated carbocycles. The van der Waals surface area contributed by atoms with Gasteiger partial charge in [-0.25, -0.2) is 9.97 Å². The summed E-state index contributed by atoms with van der Waals surface area (Å²) in [5, 5.41) is 0. The Kier molecular flexibility index (Phi) is 1.42. The molecule has 0 saturated heterocycles. The molecule has 2 rings (SSSR count). The lowest BCUT2D eigenvalue weighted by Crippen LogP contribution is -2.10. The summed E-state index contributed by atoms with van der Waals surface area (Å²) in [4.78, 5) is 21.5. The van der Waals surface area contributed by atoms with Crippen LogP contribution in [0.4, 0.5) is 5.82 Å². The number of rotatable bonds is 1. The fraction of sp³-hybridized carbons (Fsp3) is 0. The lowest BCUT2D eigenvalue weighted by molar-refractivity contribution is 0.100. The Bertz CT molecular complexity index is 475. The normalized spacial score (nSPS) is 10.5. The summed E-state index contributed by atoms with van der Waals surface area (Å²) in [5.41, 5.74) is 11.7. The van der Waals surface area contributed by atoms with E-state index in [1.807, 2.05) is 0 Å². The Labute approximate surface area is 73.0 Å². The Balaban J connectivity index is 2.79. The molecule has 5 N–H and O–H groups in total. The van der Waals surface area contributed by atoms with E-state index in [0.29, 0.717) is 16.7 Å². The summed E-state index contributed by atoms with van der Waals surface area (Å²) in [7, 11) is 0. The maximum absolute atomic E-state index is 10.9. The van der Waals surface area contributed by atoms with Crippen molar-refractivity contribution in [2.75, 3.05) is 5.73 Å². The van der Waals surface area contributed by atoms with Gasteiger partial charge in [0.05, 0.1) is 11.8 Å². The first-order chi connectivity index (χ1) is 6.18. The van der Waals surface area contributed by atoms with Gasteiger partial charge in [-0.15, -0.1) is 0 Å². The van der Waals surface area contributed by atoms with Crippen molar-refractivity contribution >= 4 is 22.9 Å². The topological polar surface area (TPSA) is 111 Å². The second-order valence-corrected chi connectivity index (χ2v) is 2.56. The largest absolute Gasteiger partial charge is 0.382 e. The van der Waals surface area contributed by atoms with E-state index in [9.17, 15) is 4.79 Å². The van der Waals surface area contributed by atoms with Crippen LogP contribution in [0.1, 0.15) is 10.4 Å². The number of anilines is 1. The monoisotopic (exact) mass is 177 g/mol. The number of amides is 1. The van der Waals surface area contributed by atoms with Crippen LogP contribution in [0.25, 0.3) is 11.2 Å².